The zero-order valence-electron chi connectivity index (χ0n) is 13.4. The summed E-state index contributed by atoms with van der Waals surface area (Å²) < 4.78 is 25.0. The van der Waals surface area contributed by atoms with Gasteiger partial charge in [-0.05, 0) is 20.3 Å². The Balaban J connectivity index is 2.29. The molecule has 1 aromatic rings. The van der Waals surface area contributed by atoms with Crippen LogP contribution in [0.1, 0.15) is 25.8 Å². The van der Waals surface area contributed by atoms with E-state index in [1.165, 1.54) is 0 Å². The first-order valence-corrected chi connectivity index (χ1v) is 9.19. The van der Waals surface area contributed by atoms with E-state index in [4.69, 9.17) is 5.26 Å². The molecule has 1 fully saturated rings. The van der Waals surface area contributed by atoms with E-state index in [1.54, 1.807) is 19.9 Å². The minimum atomic E-state index is -3.20. The molecule has 9 nitrogen and oxygen atoms in total. The molecule has 1 amide bonds. The third kappa shape index (κ3) is 3.56. The van der Waals surface area contributed by atoms with Crippen LogP contribution in [0.3, 0.4) is 0 Å². The van der Waals surface area contributed by atoms with Crippen LogP contribution in [0.5, 0.6) is 0 Å². The van der Waals surface area contributed by atoms with Crippen LogP contribution in [0.2, 0.25) is 0 Å². The van der Waals surface area contributed by atoms with Crippen LogP contribution in [0, 0.1) is 11.3 Å². The maximum Gasteiger partial charge on any atom is 0.331 e. The van der Waals surface area contributed by atoms with Gasteiger partial charge in [-0.1, -0.05) is 0 Å². The van der Waals surface area contributed by atoms with E-state index in [-0.39, 0.29) is 30.0 Å². The van der Waals surface area contributed by atoms with Crippen molar-refractivity contribution in [3.63, 3.8) is 0 Å². The van der Waals surface area contributed by atoms with Crippen molar-refractivity contribution in [1.82, 2.24) is 14.5 Å². The Bertz CT molecular complexity index is 937. The minimum absolute atomic E-state index is 0.0176. The molecule has 0 radical (unpaired) electrons. The van der Waals surface area contributed by atoms with Gasteiger partial charge in [0.25, 0.3) is 5.56 Å². The lowest BCUT2D eigenvalue weighted by atomic mass is 10.0. The Labute approximate surface area is 138 Å². The summed E-state index contributed by atoms with van der Waals surface area (Å²) >= 11 is 0. The van der Waals surface area contributed by atoms with Gasteiger partial charge in [0.05, 0.1) is 17.0 Å². The van der Waals surface area contributed by atoms with Crippen LogP contribution in [0.15, 0.2) is 15.8 Å². The fourth-order valence-corrected chi connectivity index (χ4v) is 4.82. The average molecular weight is 354 g/mol. The molecule has 10 heteroatoms. The fraction of sp³-hybridized carbons (Fsp3) is 0.571. The lowest BCUT2D eigenvalue weighted by Gasteiger charge is -2.24. The smallest absolute Gasteiger partial charge is 0.331 e. The lowest BCUT2D eigenvalue weighted by Crippen LogP contribution is -2.51. The number of amides is 1. The maximum absolute atomic E-state index is 12.2. The second-order valence-corrected chi connectivity index (χ2v) is 8.25. The van der Waals surface area contributed by atoms with E-state index in [9.17, 15) is 22.8 Å². The third-order valence-electron chi connectivity index (χ3n) is 3.94. The van der Waals surface area contributed by atoms with E-state index in [0.717, 1.165) is 10.8 Å². The Morgan fingerprint density at radius 1 is 1.46 bits per heavy atom. The number of hydrogen-bond donors (Lipinski definition) is 1. The van der Waals surface area contributed by atoms with Crippen LogP contribution in [0.25, 0.3) is 0 Å². The molecule has 130 valence electrons. The molecule has 0 spiro atoms. The SMILES string of the molecule is CCn1cc(C#N)c(=O)n(CC(=O)N[C@]2(C)CCS(=O)(=O)C2)c1=O. The summed E-state index contributed by atoms with van der Waals surface area (Å²) in [6, 6.07) is 1.70. The predicted molar refractivity (Wildman–Crippen MR) is 85.2 cm³/mol. The predicted octanol–water partition coefficient (Wildman–Crippen LogP) is -1.41. The van der Waals surface area contributed by atoms with Crippen molar-refractivity contribution in [2.45, 2.75) is 38.9 Å². The normalized spacial score (nSPS) is 22.0. The van der Waals surface area contributed by atoms with Gasteiger partial charge in [0.2, 0.25) is 5.91 Å². The summed E-state index contributed by atoms with van der Waals surface area (Å²) in [5, 5.41) is 11.6. The van der Waals surface area contributed by atoms with Crippen molar-refractivity contribution in [3.05, 3.63) is 32.6 Å². The van der Waals surface area contributed by atoms with E-state index in [2.05, 4.69) is 5.32 Å². The Kier molecular flexibility index (Phi) is 4.66. The largest absolute Gasteiger partial charge is 0.348 e. The van der Waals surface area contributed by atoms with E-state index in [0.29, 0.717) is 4.57 Å². The molecule has 24 heavy (non-hydrogen) atoms. The van der Waals surface area contributed by atoms with E-state index < -0.39 is 39.1 Å². The van der Waals surface area contributed by atoms with Crippen molar-refractivity contribution < 1.29 is 13.2 Å². The maximum atomic E-state index is 12.2. The van der Waals surface area contributed by atoms with Gasteiger partial charge in [-0.25, -0.2) is 17.8 Å². The van der Waals surface area contributed by atoms with Gasteiger partial charge >= 0.3 is 5.69 Å². The lowest BCUT2D eigenvalue weighted by molar-refractivity contribution is -0.123. The van der Waals surface area contributed by atoms with Gasteiger partial charge in [-0.2, -0.15) is 5.26 Å². The number of carbonyl (C=O) groups excluding carboxylic acids is 1. The number of sulfone groups is 1. The summed E-state index contributed by atoms with van der Waals surface area (Å²) in [4.78, 5) is 36.5. The Morgan fingerprint density at radius 3 is 2.62 bits per heavy atom. The third-order valence-corrected chi connectivity index (χ3v) is 5.85. The zero-order valence-corrected chi connectivity index (χ0v) is 14.2. The standard InChI is InChI=1S/C14H18N4O5S/c1-3-17-7-10(6-15)12(20)18(13(17)21)8-11(19)16-14(2)4-5-24(22,23)9-14/h7H,3-5,8-9H2,1-2H3,(H,16,19)/t14-/m1/s1. The van der Waals surface area contributed by atoms with Crippen LogP contribution < -0.4 is 16.6 Å². The number of nitrogens with one attached hydrogen (secondary N) is 1. The Morgan fingerprint density at radius 2 is 2.12 bits per heavy atom. The van der Waals surface area contributed by atoms with Gasteiger partial charge in [0.15, 0.2) is 9.84 Å². The molecule has 0 bridgehead atoms. The average Bonchev–Trinajstić information content (AvgIpc) is 2.77. The summed E-state index contributed by atoms with van der Waals surface area (Å²) in [5.41, 5.74) is -2.69. The fourth-order valence-electron chi connectivity index (χ4n) is 2.73. The first-order valence-electron chi connectivity index (χ1n) is 7.36. The van der Waals surface area contributed by atoms with Crippen LogP contribution in [0.4, 0.5) is 0 Å². The molecule has 0 aromatic carbocycles. The Hall–Kier alpha value is -2.41. The minimum Gasteiger partial charge on any atom is -0.348 e. The highest BCUT2D eigenvalue weighted by molar-refractivity contribution is 7.91. The van der Waals surface area contributed by atoms with E-state index in [1.807, 2.05) is 0 Å². The first-order chi connectivity index (χ1) is 11.1. The monoisotopic (exact) mass is 354 g/mol. The molecule has 2 rings (SSSR count). The molecule has 0 aliphatic carbocycles. The second-order valence-electron chi connectivity index (χ2n) is 6.07. The second kappa shape index (κ2) is 6.24. The van der Waals surface area contributed by atoms with Gasteiger partial charge < -0.3 is 5.32 Å². The molecule has 1 aliphatic rings. The van der Waals surface area contributed by atoms with Crippen LogP contribution >= 0.6 is 0 Å². The van der Waals surface area contributed by atoms with Crippen molar-refractivity contribution >= 4 is 15.7 Å². The van der Waals surface area contributed by atoms with Gasteiger partial charge in [-0.15, -0.1) is 0 Å². The topological polar surface area (TPSA) is 131 Å². The molecule has 1 aliphatic heterocycles. The molecule has 1 N–H and O–H groups in total. The summed E-state index contributed by atoms with van der Waals surface area (Å²) in [6.07, 6.45) is 1.43. The van der Waals surface area contributed by atoms with Gasteiger partial charge in [0, 0.05) is 12.7 Å². The van der Waals surface area contributed by atoms with Crippen molar-refractivity contribution in [2.75, 3.05) is 11.5 Å². The molecule has 0 unspecified atom stereocenters. The highest BCUT2D eigenvalue weighted by Gasteiger charge is 2.39. The molecule has 2 heterocycles. The zero-order chi connectivity index (χ0) is 18.1. The number of rotatable bonds is 4. The van der Waals surface area contributed by atoms with Gasteiger partial charge in [0.1, 0.15) is 18.2 Å². The number of aromatic nitrogens is 2. The quantitative estimate of drug-likeness (QED) is 0.707. The van der Waals surface area contributed by atoms with E-state index >= 15 is 0 Å². The highest BCUT2D eigenvalue weighted by Crippen LogP contribution is 2.22. The molecule has 1 aromatic heterocycles. The highest BCUT2D eigenvalue weighted by atomic mass is 32.2. The summed E-state index contributed by atoms with van der Waals surface area (Å²) in [6.45, 7) is 2.95. The molecular formula is C14H18N4O5S. The summed E-state index contributed by atoms with van der Waals surface area (Å²) in [7, 11) is -3.20. The number of nitriles is 1. The van der Waals surface area contributed by atoms with Crippen molar-refractivity contribution in [2.24, 2.45) is 0 Å². The molecule has 0 saturated carbocycles. The molecule has 1 atom stereocenters. The van der Waals surface area contributed by atoms with Crippen molar-refractivity contribution in [1.29, 1.82) is 5.26 Å². The van der Waals surface area contributed by atoms with Crippen LogP contribution in [-0.4, -0.2) is 40.5 Å². The molecular weight excluding hydrogens is 336 g/mol. The number of hydrogen-bond acceptors (Lipinski definition) is 6. The van der Waals surface area contributed by atoms with Gasteiger partial charge in [-0.3, -0.25) is 14.2 Å². The molecule has 1 saturated heterocycles. The first kappa shape index (κ1) is 17.9. The van der Waals surface area contributed by atoms with Crippen molar-refractivity contribution in [3.8, 4) is 6.07 Å². The van der Waals surface area contributed by atoms with Crippen LogP contribution in [-0.2, 0) is 27.7 Å². The number of aryl methyl sites for hydroxylation is 1. The number of nitrogens with zero attached hydrogens (tertiary/aromatic N) is 3. The summed E-state index contributed by atoms with van der Waals surface area (Å²) in [5.74, 6) is -0.847. The number of carbonyl (C=O) groups is 1.